The van der Waals surface area contributed by atoms with Gasteiger partial charge in [-0.15, -0.1) is 0 Å². The number of hydrogen-bond donors (Lipinski definition) is 6. The Morgan fingerprint density at radius 1 is 0.939 bits per heavy atom. The van der Waals surface area contributed by atoms with Crippen LogP contribution in [0.15, 0.2) is 30.3 Å². The maximum Gasteiger partial charge on any atom is 0.309 e. The highest BCUT2D eigenvalue weighted by Gasteiger charge is 2.38. The van der Waals surface area contributed by atoms with Gasteiger partial charge < -0.3 is 32.5 Å². The van der Waals surface area contributed by atoms with Crippen LogP contribution in [0.3, 0.4) is 0 Å². The summed E-state index contributed by atoms with van der Waals surface area (Å²) in [6.07, 6.45) is 1.67. The lowest BCUT2D eigenvalue weighted by Crippen LogP contribution is -2.60. The van der Waals surface area contributed by atoms with Crippen molar-refractivity contribution in [3.8, 4) is 0 Å². The van der Waals surface area contributed by atoms with Crippen LogP contribution in [0.25, 0.3) is 0 Å². The molecule has 1 unspecified atom stereocenters. The summed E-state index contributed by atoms with van der Waals surface area (Å²) in [5, 5.41) is 17.5. The molecule has 8 N–H and O–H groups in total. The van der Waals surface area contributed by atoms with E-state index in [1.165, 1.54) is 7.05 Å². The van der Waals surface area contributed by atoms with E-state index >= 15 is 0 Å². The van der Waals surface area contributed by atoms with Gasteiger partial charge >= 0.3 is 5.97 Å². The smallest absolute Gasteiger partial charge is 0.309 e. The molecule has 3 amide bonds. The second kappa shape index (κ2) is 14.2. The fraction of sp³-hybridized carbons (Fsp3) is 0.565. The normalized spacial score (nSPS) is 14.6. The van der Waals surface area contributed by atoms with Crippen molar-refractivity contribution in [1.82, 2.24) is 16.0 Å². The lowest BCUT2D eigenvalue weighted by molar-refractivity contribution is -0.146. The molecular formula is C23H37N5O5. The molecule has 0 bridgehead atoms. The van der Waals surface area contributed by atoms with E-state index in [-0.39, 0.29) is 12.3 Å². The summed E-state index contributed by atoms with van der Waals surface area (Å²) in [7, 11) is 1.44. The molecule has 0 aliphatic heterocycles. The van der Waals surface area contributed by atoms with Gasteiger partial charge in [0.05, 0.1) is 12.0 Å². The Labute approximate surface area is 194 Å². The van der Waals surface area contributed by atoms with Gasteiger partial charge in [0.25, 0.3) is 0 Å². The molecule has 184 valence electrons. The molecule has 33 heavy (non-hydrogen) atoms. The van der Waals surface area contributed by atoms with Crippen LogP contribution in [0.1, 0.15) is 38.7 Å². The third-order valence-electron chi connectivity index (χ3n) is 5.40. The number of benzene rings is 1. The first-order chi connectivity index (χ1) is 15.6. The van der Waals surface area contributed by atoms with Gasteiger partial charge in [-0.3, -0.25) is 19.2 Å². The Morgan fingerprint density at radius 3 is 2.06 bits per heavy atom. The lowest BCUT2D eigenvalue weighted by atomic mass is 9.90. The molecule has 10 heteroatoms. The van der Waals surface area contributed by atoms with Crippen molar-refractivity contribution in [3.63, 3.8) is 0 Å². The van der Waals surface area contributed by atoms with Crippen LogP contribution >= 0.6 is 0 Å². The number of aliphatic carboxylic acids is 1. The standard InChI is InChI=1S/C23H37N5O5/c1-14(2)18(21(30)26-3)27-22(31)19(28-20(29)17(25)11-7-8-12-24)16(23(32)33)13-15-9-5-4-6-10-15/h4-6,9-10,14,16-19H,7-8,11-13,24-25H2,1-3H3,(H,26,30)(H,27,31)(H,28,29)(H,32,33)/t16?,17-,18-,19-/m0/s1. The predicted octanol–water partition coefficient (Wildman–Crippen LogP) is -0.242. The van der Waals surface area contributed by atoms with Gasteiger partial charge in [0.1, 0.15) is 12.1 Å². The van der Waals surface area contributed by atoms with Gasteiger partial charge in [0.2, 0.25) is 17.7 Å². The van der Waals surface area contributed by atoms with E-state index in [0.29, 0.717) is 31.4 Å². The van der Waals surface area contributed by atoms with Gasteiger partial charge in [0, 0.05) is 7.05 Å². The Hall–Kier alpha value is -2.98. The highest BCUT2D eigenvalue weighted by molar-refractivity contribution is 5.95. The molecule has 0 saturated heterocycles. The van der Waals surface area contributed by atoms with Gasteiger partial charge in [-0.05, 0) is 37.3 Å². The number of hydrogen-bond acceptors (Lipinski definition) is 6. The molecule has 0 heterocycles. The minimum absolute atomic E-state index is 0.00325. The number of carbonyl (C=O) groups excluding carboxylic acids is 3. The zero-order chi connectivity index (χ0) is 25.0. The number of nitrogens with two attached hydrogens (primary N) is 2. The van der Waals surface area contributed by atoms with E-state index < -0.39 is 47.7 Å². The molecule has 0 radical (unpaired) electrons. The van der Waals surface area contributed by atoms with Gasteiger partial charge in [-0.25, -0.2) is 0 Å². The summed E-state index contributed by atoms with van der Waals surface area (Å²) in [5.74, 6) is -4.60. The van der Waals surface area contributed by atoms with E-state index in [4.69, 9.17) is 11.5 Å². The van der Waals surface area contributed by atoms with Crippen LogP contribution in [0.5, 0.6) is 0 Å². The second-order valence-electron chi connectivity index (χ2n) is 8.36. The Balaban J connectivity index is 3.19. The fourth-order valence-electron chi connectivity index (χ4n) is 3.40. The first-order valence-electron chi connectivity index (χ1n) is 11.2. The van der Waals surface area contributed by atoms with E-state index in [0.717, 1.165) is 0 Å². The summed E-state index contributed by atoms with van der Waals surface area (Å²) in [6.45, 7) is 3.97. The molecule has 0 aliphatic carbocycles. The third-order valence-corrected chi connectivity index (χ3v) is 5.40. The topological polar surface area (TPSA) is 177 Å². The van der Waals surface area contributed by atoms with Crippen LogP contribution in [-0.2, 0) is 25.6 Å². The molecule has 0 spiro atoms. The molecule has 0 fully saturated rings. The summed E-state index contributed by atoms with van der Waals surface area (Å²) in [6, 6.07) is 5.55. The van der Waals surface area contributed by atoms with Crippen LogP contribution < -0.4 is 27.4 Å². The number of carboxylic acid groups (broad SMARTS) is 1. The van der Waals surface area contributed by atoms with Crippen molar-refractivity contribution in [2.75, 3.05) is 13.6 Å². The quantitative estimate of drug-likeness (QED) is 0.206. The molecule has 0 saturated carbocycles. The highest BCUT2D eigenvalue weighted by Crippen LogP contribution is 2.15. The minimum Gasteiger partial charge on any atom is -0.481 e. The molecule has 1 rings (SSSR count). The van der Waals surface area contributed by atoms with Crippen LogP contribution in [0.4, 0.5) is 0 Å². The van der Waals surface area contributed by atoms with Crippen molar-refractivity contribution in [3.05, 3.63) is 35.9 Å². The highest BCUT2D eigenvalue weighted by atomic mass is 16.4. The van der Waals surface area contributed by atoms with Crippen LogP contribution in [0, 0.1) is 11.8 Å². The van der Waals surface area contributed by atoms with Gasteiger partial charge in [-0.1, -0.05) is 50.6 Å². The number of rotatable bonds is 14. The number of nitrogens with one attached hydrogen (secondary N) is 3. The molecular weight excluding hydrogens is 426 g/mol. The van der Waals surface area contributed by atoms with E-state index in [2.05, 4.69) is 16.0 Å². The monoisotopic (exact) mass is 463 g/mol. The van der Waals surface area contributed by atoms with E-state index in [1.807, 2.05) is 0 Å². The van der Waals surface area contributed by atoms with Gasteiger partial charge in [-0.2, -0.15) is 0 Å². The summed E-state index contributed by atoms with van der Waals surface area (Å²) in [5.41, 5.74) is 12.1. The third kappa shape index (κ3) is 9.19. The first-order valence-corrected chi connectivity index (χ1v) is 11.2. The zero-order valence-electron chi connectivity index (χ0n) is 19.5. The van der Waals surface area contributed by atoms with E-state index in [1.54, 1.807) is 44.2 Å². The van der Waals surface area contributed by atoms with Crippen molar-refractivity contribution < 1.29 is 24.3 Å². The molecule has 4 atom stereocenters. The predicted molar refractivity (Wildman–Crippen MR) is 125 cm³/mol. The maximum absolute atomic E-state index is 13.2. The summed E-state index contributed by atoms with van der Waals surface area (Å²) < 4.78 is 0. The second-order valence-corrected chi connectivity index (χ2v) is 8.36. The molecule has 10 nitrogen and oxygen atoms in total. The number of likely N-dealkylation sites (N-methyl/N-ethyl adjacent to an activating group) is 1. The average molecular weight is 464 g/mol. The number of carboxylic acids is 1. The minimum atomic E-state index is -1.43. The lowest BCUT2D eigenvalue weighted by Gasteiger charge is -2.29. The van der Waals surface area contributed by atoms with Crippen LogP contribution in [-0.4, -0.2) is 60.5 Å². The first kappa shape index (κ1) is 28.1. The van der Waals surface area contributed by atoms with Crippen LogP contribution in [0.2, 0.25) is 0 Å². The van der Waals surface area contributed by atoms with E-state index in [9.17, 15) is 24.3 Å². The van der Waals surface area contributed by atoms with Gasteiger partial charge in [0.15, 0.2) is 0 Å². The fourth-order valence-corrected chi connectivity index (χ4v) is 3.40. The number of amides is 3. The summed E-state index contributed by atoms with van der Waals surface area (Å²) >= 11 is 0. The molecule has 0 aliphatic rings. The Kier molecular flexibility index (Phi) is 12.1. The van der Waals surface area contributed by atoms with Crippen molar-refractivity contribution in [2.24, 2.45) is 23.3 Å². The van der Waals surface area contributed by atoms with Crippen molar-refractivity contribution in [1.29, 1.82) is 0 Å². The van der Waals surface area contributed by atoms with Crippen molar-refractivity contribution in [2.45, 2.75) is 57.7 Å². The zero-order valence-corrected chi connectivity index (χ0v) is 19.5. The molecule has 1 aromatic rings. The molecule has 1 aromatic carbocycles. The maximum atomic E-state index is 13.2. The number of carbonyl (C=O) groups is 4. The Bertz CT molecular complexity index is 787. The SMILES string of the molecule is CNC(=O)[C@@H](NC(=O)[C@@H](NC(=O)[C@@H](N)CCCCN)C(Cc1ccccc1)C(=O)O)C(C)C. The summed E-state index contributed by atoms with van der Waals surface area (Å²) in [4.78, 5) is 50.3. The largest absolute Gasteiger partial charge is 0.481 e. The molecule has 0 aromatic heterocycles. The van der Waals surface area contributed by atoms with Crippen molar-refractivity contribution >= 4 is 23.7 Å². The number of unbranched alkanes of at least 4 members (excludes halogenated alkanes) is 1. The Morgan fingerprint density at radius 2 is 1.55 bits per heavy atom. The average Bonchev–Trinajstić information content (AvgIpc) is 2.79.